The number of hydrogen-bond acceptors (Lipinski definition) is 7. The van der Waals surface area contributed by atoms with Crippen LogP contribution in [0.15, 0.2) is 12.4 Å². The number of hydrogen-bond donors (Lipinski definition) is 1. The van der Waals surface area contributed by atoms with E-state index in [1.54, 1.807) is 12.4 Å². The van der Waals surface area contributed by atoms with Crippen molar-refractivity contribution in [2.75, 3.05) is 31.1 Å². The second kappa shape index (κ2) is 7.35. The molecule has 0 aromatic carbocycles. The van der Waals surface area contributed by atoms with Gasteiger partial charge < -0.3 is 5.11 Å². The molecule has 25 heavy (non-hydrogen) atoms. The highest BCUT2D eigenvalue weighted by atomic mass is 32.2. The summed E-state index contributed by atoms with van der Waals surface area (Å²) in [5.74, 6) is 0.185. The van der Waals surface area contributed by atoms with Gasteiger partial charge in [0.05, 0.1) is 17.9 Å². The van der Waals surface area contributed by atoms with Gasteiger partial charge in [-0.2, -0.15) is 0 Å². The summed E-state index contributed by atoms with van der Waals surface area (Å²) in [6, 6.07) is -0.229. The van der Waals surface area contributed by atoms with Crippen molar-refractivity contribution in [3.05, 3.63) is 23.8 Å². The summed E-state index contributed by atoms with van der Waals surface area (Å²) < 4.78 is 24.3. The summed E-state index contributed by atoms with van der Waals surface area (Å²) in [6.45, 7) is 4.41. The number of rotatable bonds is 6. The molecule has 0 aliphatic carbocycles. The number of fused-ring (bicyclic) bond motifs is 1. The summed E-state index contributed by atoms with van der Waals surface area (Å²) in [6.07, 6.45) is 4.43. The van der Waals surface area contributed by atoms with Crippen molar-refractivity contribution in [2.24, 2.45) is 0 Å². The summed E-state index contributed by atoms with van der Waals surface area (Å²) in [5.41, 5.74) is 0.972. The predicted octanol–water partition coefficient (Wildman–Crippen LogP) is -0.203. The van der Waals surface area contributed by atoms with E-state index >= 15 is 0 Å². The van der Waals surface area contributed by atoms with E-state index in [9.17, 15) is 13.2 Å². The third-order valence-corrected chi connectivity index (χ3v) is 6.68. The molecular formula is C16H24N4O4S. The van der Waals surface area contributed by atoms with Crippen molar-refractivity contribution in [1.82, 2.24) is 19.8 Å². The van der Waals surface area contributed by atoms with E-state index in [2.05, 4.69) is 14.9 Å². The van der Waals surface area contributed by atoms with Crippen LogP contribution in [-0.2, 0) is 27.6 Å². The molecule has 3 rings (SSSR count). The van der Waals surface area contributed by atoms with E-state index in [0.717, 1.165) is 17.8 Å². The van der Waals surface area contributed by atoms with Gasteiger partial charge in [0.15, 0.2) is 9.84 Å². The van der Waals surface area contributed by atoms with E-state index in [1.807, 2.05) is 11.8 Å². The Labute approximate surface area is 147 Å². The highest BCUT2D eigenvalue weighted by Crippen LogP contribution is 2.28. The van der Waals surface area contributed by atoms with Gasteiger partial charge >= 0.3 is 5.97 Å². The molecule has 0 spiro atoms. The number of carboxylic acids is 1. The lowest BCUT2D eigenvalue weighted by molar-refractivity contribution is -0.137. The number of carbonyl (C=O) groups is 1. The Bertz CT molecular complexity index is 722. The van der Waals surface area contributed by atoms with Crippen molar-refractivity contribution in [1.29, 1.82) is 0 Å². The normalized spacial score (nSPS) is 26.4. The SMILES string of the molecule is CCc1ncc(CN2CCN(CCC(=O)O)[C@@H]3CS(=O)(=O)C[C@@H]32)cn1. The third-order valence-electron chi connectivity index (χ3n) is 4.98. The van der Waals surface area contributed by atoms with Crippen LogP contribution >= 0.6 is 0 Å². The maximum atomic E-state index is 12.2. The van der Waals surface area contributed by atoms with Crippen LogP contribution < -0.4 is 0 Å². The number of sulfone groups is 1. The molecule has 0 radical (unpaired) electrons. The predicted molar refractivity (Wildman–Crippen MR) is 91.9 cm³/mol. The number of nitrogens with zero attached hydrogens (tertiary/aromatic N) is 4. The lowest BCUT2D eigenvalue weighted by atomic mass is 10.0. The van der Waals surface area contributed by atoms with Crippen LogP contribution in [0.3, 0.4) is 0 Å². The average molecular weight is 368 g/mol. The number of aryl methyl sites for hydroxylation is 1. The van der Waals surface area contributed by atoms with Gasteiger partial charge in [-0.25, -0.2) is 18.4 Å². The Hall–Kier alpha value is -1.58. The highest BCUT2D eigenvalue weighted by Gasteiger charge is 2.46. The molecule has 1 aromatic heterocycles. The molecule has 2 atom stereocenters. The van der Waals surface area contributed by atoms with Crippen molar-refractivity contribution in [3.8, 4) is 0 Å². The molecule has 2 aliphatic rings. The number of carboxylic acid groups (broad SMARTS) is 1. The summed E-state index contributed by atoms with van der Waals surface area (Å²) in [7, 11) is -3.10. The Morgan fingerprint density at radius 1 is 1.20 bits per heavy atom. The van der Waals surface area contributed by atoms with Gasteiger partial charge in [0.1, 0.15) is 5.82 Å². The number of aromatic nitrogens is 2. The first-order chi connectivity index (χ1) is 11.9. The molecule has 1 aromatic rings. The molecule has 3 heterocycles. The van der Waals surface area contributed by atoms with E-state index in [0.29, 0.717) is 26.2 Å². The van der Waals surface area contributed by atoms with E-state index in [1.165, 1.54) is 0 Å². The fourth-order valence-corrected chi connectivity index (χ4v) is 5.73. The van der Waals surface area contributed by atoms with Crippen LogP contribution in [0, 0.1) is 0 Å². The standard InChI is InChI=1S/C16H24N4O4S/c1-2-15-17-7-12(8-18-15)9-20-6-5-19(4-3-16(21)22)13-10-25(23,24)11-14(13)20/h7-8,13-14H,2-6,9-11H2,1H3,(H,21,22)/t13-,14+/m1/s1. The largest absolute Gasteiger partial charge is 0.481 e. The first-order valence-corrected chi connectivity index (χ1v) is 10.4. The monoisotopic (exact) mass is 368 g/mol. The molecule has 138 valence electrons. The maximum absolute atomic E-state index is 12.2. The molecule has 9 heteroatoms. The zero-order valence-corrected chi connectivity index (χ0v) is 15.2. The Morgan fingerprint density at radius 3 is 2.40 bits per heavy atom. The first kappa shape index (κ1) is 18.2. The molecule has 0 saturated carbocycles. The summed E-state index contributed by atoms with van der Waals surface area (Å²) in [5, 5.41) is 8.91. The first-order valence-electron chi connectivity index (χ1n) is 8.58. The number of piperazine rings is 1. The fourth-order valence-electron chi connectivity index (χ4n) is 3.69. The van der Waals surface area contributed by atoms with Gasteiger partial charge in [-0.15, -0.1) is 0 Å². The molecule has 2 fully saturated rings. The molecule has 0 unspecified atom stereocenters. The van der Waals surface area contributed by atoms with Crippen LogP contribution in [-0.4, -0.2) is 82.5 Å². The lowest BCUT2D eigenvalue weighted by Crippen LogP contribution is -2.58. The van der Waals surface area contributed by atoms with Crippen LogP contribution in [0.5, 0.6) is 0 Å². The molecular weight excluding hydrogens is 344 g/mol. The Kier molecular flexibility index (Phi) is 5.35. The van der Waals surface area contributed by atoms with Gasteiger partial charge in [0.2, 0.25) is 0 Å². The van der Waals surface area contributed by atoms with Crippen molar-refractivity contribution >= 4 is 15.8 Å². The molecule has 2 aliphatic heterocycles. The Balaban J connectivity index is 1.72. The second-order valence-corrected chi connectivity index (χ2v) is 8.88. The molecule has 0 amide bonds. The molecule has 2 saturated heterocycles. The van der Waals surface area contributed by atoms with Gasteiger partial charge in [-0.05, 0) is 0 Å². The third kappa shape index (κ3) is 4.34. The van der Waals surface area contributed by atoms with E-state index in [4.69, 9.17) is 5.11 Å². The Morgan fingerprint density at radius 2 is 1.80 bits per heavy atom. The van der Waals surface area contributed by atoms with Crippen molar-refractivity contribution in [2.45, 2.75) is 38.4 Å². The summed E-state index contributed by atoms with van der Waals surface area (Å²) >= 11 is 0. The topological polar surface area (TPSA) is 104 Å². The molecule has 1 N–H and O–H groups in total. The van der Waals surface area contributed by atoms with Crippen molar-refractivity contribution in [3.63, 3.8) is 0 Å². The average Bonchev–Trinajstić information content (AvgIpc) is 2.90. The quantitative estimate of drug-likeness (QED) is 0.736. The smallest absolute Gasteiger partial charge is 0.304 e. The van der Waals surface area contributed by atoms with Gasteiger partial charge in [-0.3, -0.25) is 14.6 Å². The van der Waals surface area contributed by atoms with Crippen LogP contribution in [0.25, 0.3) is 0 Å². The summed E-state index contributed by atoms with van der Waals surface area (Å²) in [4.78, 5) is 23.7. The van der Waals surface area contributed by atoms with Crippen LogP contribution in [0.4, 0.5) is 0 Å². The van der Waals surface area contributed by atoms with Crippen LogP contribution in [0.2, 0.25) is 0 Å². The minimum absolute atomic E-state index is 0.0373. The lowest BCUT2D eigenvalue weighted by Gasteiger charge is -2.43. The maximum Gasteiger partial charge on any atom is 0.304 e. The molecule has 0 bridgehead atoms. The van der Waals surface area contributed by atoms with E-state index in [-0.39, 0.29) is 30.0 Å². The minimum Gasteiger partial charge on any atom is -0.481 e. The number of aliphatic carboxylic acids is 1. The van der Waals surface area contributed by atoms with E-state index < -0.39 is 15.8 Å². The molecule has 8 nitrogen and oxygen atoms in total. The second-order valence-electron chi connectivity index (χ2n) is 6.72. The van der Waals surface area contributed by atoms with Crippen LogP contribution in [0.1, 0.15) is 24.7 Å². The zero-order chi connectivity index (χ0) is 18.0. The fraction of sp³-hybridized carbons (Fsp3) is 0.688. The van der Waals surface area contributed by atoms with Gasteiger partial charge in [0, 0.05) is 62.6 Å². The van der Waals surface area contributed by atoms with Gasteiger partial charge in [0.25, 0.3) is 0 Å². The van der Waals surface area contributed by atoms with Crippen molar-refractivity contribution < 1.29 is 18.3 Å². The van der Waals surface area contributed by atoms with Gasteiger partial charge in [-0.1, -0.05) is 6.92 Å². The minimum atomic E-state index is -3.10. The zero-order valence-electron chi connectivity index (χ0n) is 14.3. The highest BCUT2D eigenvalue weighted by molar-refractivity contribution is 7.91.